The molecule has 1 spiro atoms. The van der Waals surface area contributed by atoms with E-state index < -0.39 is 5.41 Å². The number of allylic oxidation sites excluding steroid dienone is 5. The summed E-state index contributed by atoms with van der Waals surface area (Å²) in [6.45, 7) is 4.65. The summed E-state index contributed by atoms with van der Waals surface area (Å²) in [6.07, 6.45) is 9.57. The lowest BCUT2D eigenvalue weighted by Crippen LogP contribution is -2.28. The molecule has 57 heavy (non-hydrogen) atoms. The fourth-order valence-electron chi connectivity index (χ4n) is 9.34. The molecule has 0 aliphatic heterocycles. The van der Waals surface area contributed by atoms with Crippen LogP contribution in [0, 0.1) is 0 Å². The molecule has 1 atom stereocenters. The normalized spacial score (nSPS) is 16.7. The first-order chi connectivity index (χ1) is 28.2. The second-order valence-electron chi connectivity index (χ2n) is 15.0. The first-order valence-electron chi connectivity index (χ1n) is 19.6. The molecule has 0 saturated carbocycles. The highest BCUT2D eigenvalue weighted by Crippen LogP contribution is 2.60. The number of para-hydroxylation sites is 4. The molecule has 3 heteroatoms. The Labute approximate surface area is 332 Å². The van der Waals surface area contributed by atoms with E-state index in [1.807, 2.05) is 0 Å². The molecular weight excluding hydrogens is 691 g/mol. The van der Waals surface area contributed by atoms with Crippen molar-refractivity contribution in [2.24, 2.45) is 0 Å². The van der Waals surface area contributed by atoms with Crippen molar-refractivity contribution in [3.05, 3.63) is 229 Å². The van der Waals surface area contributed by atoms with Crippen LogP contribution in [0.1, 0.15) is 28.7 Å². The highest BCUT2D eigenvalue weighted by atomic mass is 15.1. The van der Waals surface area contributed by atoms with Crippen LogP contribution in [-0.4, -0.2) is 14.5 Å². The van der Waals surface area contributed by atoms with Crippen molar-refractivity contribution in [2.45, 2.75) is 11.8 Å². The predicted molar refractivity (Wildman–Crippen MR) is 236 cm³/mol. The average Bonchev–Trinajstić information content (AvgIpc) is 3.83. The van der Waals surface area contributed by atoms with Crippen LogP contribution in [-0.2, 0) is 5.41 Å². The summed E-state index contributed by atoms with van der Waals surface area (Å²) in [5.41, 5.74) is 17.6. The van der Waals surface area contributed by atoms with Crippen LogP contribution in [0.25, 0.3) is 78.1 Å². The predicted octanol–water partition coefficient (Wildman–Crippen LogP) is 13.4. The van der Waals surface area contributed by atoms with Crippen LogP contribution in [0.5, 0.6) is 0 Å². The molecule has 3 nitrogen and oxygen atoms in total. The number of benzene rings is 7. The smallest absolute Gasteiger partial charge is 0.145 e. The molecule has 0 amide bonds. The summed E-state index contributed by atoms with van der Waals surface area (Å²) >= 11 is 0. The van der Waals surface area contributed by atoms with Crippen molar-refractivity contribution in [2.75, 3.05) is 0 Å². The minimum absolute atomic E-state index is 0.519. The van der Waals surface area contributed by atoms with E-state index >= 15 is 0 Å². The monoisotopic (exact) mass is 727 g/mol. The van der Waals surface area contributed by atoms with Crippen LogP contribution < -0.4 is 0 Å². The molecule has 2 aromatic heterocycles. The number of hydrogen-bond acceptors (Lipinski definition) is 2. The highest BCUT2D eigenvalue weighted by Gasteiger charge is 2.48. The van der Waals surface area contributed by atoms with Crippen molar-refractivity contribution in [3.63, 3.8) is 0 Å². The molecule has 0 radical (unpaired) electrons. The van der Waals surface area contributed by atoms with Crippen LogP contribution in [0.15, 0.2) is 207 Å². The van der Waals surface area contributed by atoms with Gasteiger partial charge in [0.15, 0.2) is 0 Å². The van der Waals surface area contributed by atoms with Gasteiger partial charge in [0.05, 0.1) is 27.7 Å². The second kappa shape index (κ2) is 13.1. The van der Waals surface area contributed by atoms with Gasteiger partial charge in [0, 0.05) is 27.8 Å². The minimum atomic E-state index is -0.519. The third-order valence-corrected chi connectivity index (χ3v) is 11.9. The number of aromatic nitrogens is 3. The first kappa shape index (κ1) is 33.0. The summed E-state index contributed by atoms with van der Waals surface area (Å²) < 4.78 is 2.26. The van der Waals surface area contributed by atoms with Gasteiger partial charge in [-0.15, -0.1) is 0 Å². The molecule has 2 aliphatic carbocycles. The van der Waals surface area contributed by atoms with Gasteiger partial charge in [-0.1, -0.05) is 170 Å². The summed E-state index contributed by atoms with van der Waals surface area (Å²) in [5.74, 6) is 0.922. The van der Waals surface area contributed by atoms with E-state index in [1.165, 1.54) is 33.2 Å². The molecule has 268 valence electrons. The fourth-order valence-corrected chi connectivity index (χ4v) is 9.34. The molecule has 2 aliphatic rings. The molecule has 2 heterocycles. The van der Waals surface area contributed by atoms with E-state index in [-0.39, 0.29) is 0 Å². The van der Waals surface area contributed by atoms with E-state index in [4.69, 9.17) is 9.97 Å². The van der Waals surface area contributed by atoms with Crippen molar-refractivity contribution >= 4 is 27.5 Å². The molecule has 0 N–H and O–H groups in total. The molecule has 9 aromatic rings. The van der Waals surface area contributed by atoms with Gasteiger partial charge in [-0.2, -0.15) is 0 Å². The van der Waals surface area contributed by atoms with Gasteiger partial charge in [0.25, 0.3) is 0 Å². The largest absolute Gasteiger partial charge is 0.292 e. The molecule has 7 aromatic carbocycles. The van der Waals surface area contributed by atoms with Crippen LogP contribution in [0.2, 0.25) is 0 Å². The fraction of sp³-hybridized carbons (Fsp3) is 0.0370. The summed E-state index contributed by atoms with van der Waals surface area (Å²) in [6, 6.07) is 63.1. The molecule has 0 fully saturated rings. The van der Waals surface area contributed by atoms with Gasteiger partial charge >= 0.3 is 0 Å². The zero-order chi connectivity index (χ0) is 37.9. The lowest BCUT2D eigenvalue weighted by atomic mass is 9.66. The number of pyridine rings is 1. The van der Waals surface area contributed by atoms with Crippen LogP contribution in [0.4, 0.5) is 0 Å². The van der Waals surface area contributed by atoms with Crippen molar-refractivity contribution < 1.29 is 0 Å². The zero-order valence-corrected chi connectivity index (χ0v) is 31.3. The van der Waals surface area contributed by atoms with Gasteiger partial charge in [-0.25, -0.2) is 9.97 Å². The molecule has 0 bridgehead atoms. The molecule has 11 rings (SSSR count). The molecular formula is C54H37N3. The van der Waals surface area contributed by atoms with Crippen molar-refractivity contribution in [1.82, 2.24) is 14.5 Å². The van der Waals surface area contributed by atoms with Gasteiger partial charge < -0.3 is 0 Å². The maximum Gasteiger partial charge on any atom is 0.145 e. The Morgan fingerprint density at radius 3 is 2.05 bits per heavy atom. The zero-order valence-electron chi connectivity index (χ0n) is 31.3. The Morgan fingerprint density at radius 1 is 0.526 bits per heavy atom. The maximum atomic E-state index is 5.41. The maximum absolute atomic E-state index is 5.41. The number of nitrogens with zero attached hydrogens (tertiary/aromatic N) is 3. The van der Waals surface area contributed by atoms with Gasteiger partial charge in [-0.05, 0) is 87.3 Å². The average molecular weight is 728 g/mol. The third-order valence-electron chi connectivity index (χ3n) is 11.9. The highest BCUT2D eigenvalue weighted by molar-refractivity contribution is 6.03. The van der Waals surface area contributed by atoms with Gasteiger partial charge in [-0.3, -0.25) is 4.57 Å². The topological polar surface area (TPSA) is 30.7 Å². The number of rotatable bonds is 4. The van der Waals surface area contributed by atoms with E-state index in [2.05, 4.69) is 211 Å². The van der Waals surface area contributed by atoms with Crippen LogP contribution >= 0.6 is 0 Å². The SMILES string of the molecule is C=C1/C=C\C=C/CC2(c3cc(-c4ccc(-c5nc6ccccc6n5-c5ccccc5)cc4)ccc31)c1ccccc1-c1c(-c3ccccc3)nc3ccccc3c12. The lowest BCUT2D eigenvalue weighted by Gasteiger charge is -2.35. The third kappa shape index (κ3) is 5.13. The Balaban J connectivity index is 1.14. The van der Waals surface area contributed by atoms with Crippen LogP contribution in [0.3, 0.4) is 0 Å². The molecule has 1 unspecified atom stereocenters. The summed E-state index contributed by atoms with van der Waals surface area (Å²) in [4.78, 5) is 10.5. The Kier molecular flexibility index (Phi) is 7.61. The lowest BCUT2D eigenvalue weighted by molar-refractivity contribution is 0.649. The van der Waals surface area contributed by atoms with Crippen molar-refractivity contribution in [3.8, 4) is 50.6 Å². The van der Waals surface area contributed by atoms with Gasteiger partial charge in [0.1, 0.15) is 5.82 Å². The summed E-state index contributed by atoms with van der Waals surface area (Å²) in [5, 5.41) is 1.18. The second-order valence-corrected chi connectivity index (χ2v) is 15.0. The van der Waals surface area contributed by atoms with E-state index in [0.29, 0.717) is 0 Å². The van der Waals surface area contributed by atoms with E-state index in [1.54, 1.807) is 0 Å². The molecule has 0 saturated heterocycles. The number of imidazole rings is 1. The van der Waals surface area contributed by atoms with E-state index in [0.717, 1.165) is 73.6 Å². The Morgan fingerprint density at radius 2 is 1.21 bits per heavy atom. The quantitative estimate of drug-likeness (QED) is 0.181. The summed E-state index contributed by atoms with van der Waals surface area (Å²) in [7, 11) is 0. The Bertz CT molecular complexity index is 3100. The van der Waals surface area contributed by atoms with E-state index in [9.17, 15) is 0 Å². The standard InChI is InChI=1S/C54H37N3/c1-36-17-5-4-16-34-54(45-24-12-10-22-43(45)50-51(54)44-23-11-13-25-47(44)55-52(50)38-18-6-2-7-19-38)46-35-40(32-33-42(36)46)37-28-30-39(31-29-37)53-56-48-26-14-15-27-49(48)57(53)41-20-8-3-9-21-41/h2-33,35H,1,34H2/b16-4-,17-5-. The van der Waals surface area contributed by atoms with Crippen molar-refractivity contribution in [1.29, 1.82) is 0 Å². The number of hydrogen-bond donors (Lipinski definition) is 0. The first-order valence-corrected chi connectivity index (χ1v) is 19.6. The Hall–Kier alpha value is -7.36. The van der Waals surface area contributed by atoms with Gasteiger partial charge in [0.2, 0.25) is 0 Å². The minimum Gasteiger partial charge on any atom is -0.292 e. The number of fused-ring (bicyclic) bond motifs is 10.